The van der Waals surface area contributed by atoms with Crippen molar-refractivity contribution in [2.45, 2.75) is 30.6 Å². The maximum absolute atomic E-state index is 9.18. The lowest BCUT2D eigenvalue weighted by Crippen LogP contribution is -2.65. The second-order valence-electron chi connectivity index (χ2n) is 2.87. The highest BCUT2D eigenvalue weighted by Crippen LogP contribution is 2.13. The summed E-state index contributed by atoms with van der Waals surface area (Å²) in [5.41, 5.74) is 0. The van der Waals surface area contributed by atoms with Gasteiger partial charge in [-0.15, -0.1) is 0 Å². The molecule has 6 N–H and O–H groups in total. The maximum Gasteiger partial charge on any atom is 0.134 e. The number of aliphatic hydroxyl groups is 5. The van der Waals surface area contributed by atoms with Gasteiger partial charge in [0, 0.05) is 0 Å². The van der Waals surface area contributed by atoms with Gasteiger partial charge >= 0.3 is 0 Å². The van der Waals surface area contributed by atoms with E-state index >= 15 is 0 Å². The quantitative estimate of drug-likeness (QED) is 0.247. The molecule has 1 aliphatic rings. The van der Waals surface area contributed by atoms with Crippen molar-refractivity contribution in [3.8, 4) is 0 Å². The van der Waals surface area contributed by atoms with E-state index in [1.165, 1.54) is 0 Å². The molecule has 1 rings (SSSR count). The molecule has 6 heteroatoms. The SMILES string of the molecule is OCC1NC(O)C(O)C(O)C1O. The summed E-state index contributed by atoms with van der Waals surface area (Å²) in [7, 11) is 0. The van der Waals surface area contributed by atoms with Gasteiger partial charge in [0.25, 0.3) is 0 Å². The Morgan fingerprint density at radius 3 is 2.00 bits per heavy atom. The van der Waals surface area contributed by atoms with Crippen molar-refractivity contribution in [1.82, 2.24) is 5.32 Å². The van der Waals surface area contributed by atoms with Gasteiger partial charge in [-0.2, -0.15) is 0 Å². The molecule has 6 nitrogen and oxygen atoms in total. The van der Waals surface area contributed by atoms with E-state index in [-0.39, 0.29) is 0 Å². The summed E-state index contributed by atoms with van der Waals surface area (Å²) in [6, 6.07) is -0.807. The Hall–Kier alpha value is -0.240. The molecule has 0 aromatic carbocycles. The van der Waals surface area contributed by atoms with E-state index in [2.05, 4.69) is 5.32 Å². The van der Waals surface area contributed by atoms with Crippen LogP contribution in [0.25, 0.3) is 0 Å². The molecule has 0 saturated carbocycles. The van der Waals surface area contributed by atoms with Crippen LogP contribution >= 0.6 is 0 Å². The molecule has 0 aromatic rings. The Balaban J connectivity index is 2.63. The van der Waals surface area contributed by atoms with Crippen LogP contribution in [-0.2, 0) is 0 Å². The van der Waals surface area contributed by atoms with Crippen molar-refractivity contribution >= 4 is 0 Å². The zero-order valence-corrected chi connectivity index (χ0v) is 6.33. The number of hydrogen-bond donors (Lipinski definition) is 6. The Labute approximate surface area is 69.1 Å². The molecule has 5 unspecified atom stereocenters. The van der Waals surface area contributed by atoms with Crippen LogP contribution in [0.2, 0.25) is 0 Å². The predicted molar refractivity (Wildman–Crippen MR) is 38.0 cm³/mol. The van der Waals surface area contributed by atoms with Crippen LogP contribution in [0.4, 0.5) is 0 Å². The minimum atomic E-state index is -1.43. The molecular weight excluding hydrogens is 166 g/mol. The van der Waals surface area contributed by atoms with Gasteiger partial charge in [0.2, 0.25) is 0 Å². The zero-order chi connectivity index (χ0) is 9.30. The summed E-state index contributed by atoms with van der Waals surface area (Å²) < 4.78 is 0. The average molecular weight is 179 g/mol. The molecule has 0 spiro atoms. The normalized spacial score (nSPS) is 49.2. The predicted octanol–water partition coefficient (Wildman–Crippen LogP) is -3.65. The second-order valence-corrected chi connectivity index (χ2v) is 2.87. The summed E-state index contributed by atoms with van der Waals surface area (Å²) in [6.45, 7) is -0.415. The molecule has 5 atom stereocenters. The molecule has 1 fully saturated rings. The molecule has 0 bridgehead atoms. The third-order valence-electron chi connectivity index (χ3n) is 2.02. The van der Waals surface area contributed by atoms with Crippen molar-refractivity contribution in [2.24, 2.45) is 0 Å². The maximum atomic E-state index is 9.18. The molecule has 0 amide bonds. The van der Waals surface area contributed by atoms with Gasteiger partial charge < -0.3 is 25.5 Å². The summed E-state index contributed by atoms with van der Waals surface area (Å²) in [5.74, 6) is 0. The molecule has 1 aliphatic heterocycles. The Kier molecular flexibility index (Phi) is 2.99. The van der Waals surface area contributed by atoms with Crippen molar-refractivity contribution < 1.29 is 25.5 Å². The summed E-state index contributed by atoms with van der Waals surface area (Å²) in [4.78, 5) is 0. The average Bonchev–Trinajstić information content (AvgIpc) is 2.08. The third-order valence-corrected chi connectivity index (χ3v) is 2.02. The number of aliphatic hydroxyl groups excluding tert-OH is 5. The molecule has 1 saturated heterocycles. The highest BCUT2D eigenvalue weighted by molar-refractivity contribution is 4.93. The summed E-state index contributed by atoms with van der Waals surface area (Å²) in [6.07, 6.45) is -5.45. The summed E-state index contributed by atoms with van der Waals surface area (Å²) in [5, 5.41) is 47.3. The van der Waals surface area contributed by atoms with Crippen LogP contribution in [0.5, 0.6) is 0 Å². The molecule has 72 valence electrons. The van der Waals surface area contributed by atoms with E-state index < -0.39 is 37.2 Å². The van der Waals surface area contributed by atoms with Crippen LogP contribution in [0.15, 0.2) is 0 Å². The number of piperidine rings is 1. The highest BCUT2D eigenvalue weighted by atomic mass is 16.4. The lowest BCUT2D eigenvalue weighted by atomic mass is 9.95. The van der Waals surface area contributed by atoms with Crippen molar-refractivity contribution in [3.63, 3.8) is 0 Å². The van der Waals surface area contributed by atoms with E-state index in [9.17, 15) is 5.11 Å². The molecule has 0 aliphatic carbocycles. The highest BCUT2D eigenvalue weighted by Gasteiger charge is 2.40. The van der Waals surface area contributed by atoms with E-state index in [1.807, 2.05) is 0 Å². The standard InChI is InChI=1S/C6H13NO5/c8-1-2-3(9)4(10)5(11)6(12)7-2/h2-12H,1H2. The molecule has 12 heavy (non-hydrogen) atoms. The van der Waals surface area contributed by atoms with E-state index in [0.717, 1.165) is 0 Å². The first-order chi connectivity index (χ1) is 5.57. The van der Waals surface area contributed by atoms with Gasteiger partial charge in [-0.3, -0.25) is 5.32 Å². The van der Waals surface area contributed by atoms with Gasteiger partial charge in [0.05, 0.1) is 12.6 Å². The van der Waals surface area contributed by atoms with Crippen LogP contribution in [-0.4, -0.2) is 62.7 Å². The summed E-state index contributed by atoms with van der Waals surface area (Å²) >= 11 is 0. The first-order valence-electron chi connectivity index (χ1n) is 3.67. The largest absolute Gasteiger partial charge is 0.395 e. The van der Waals surface area contributed by atoms with Crippen molar-refractivity contribution in [2.75, 3.05) is 6.61 Å². The number of rotatable bonds is 1. The van der Waals surface area contributed by atoms with Gasteiger partial charge in [0.1, 0.15) is 24.5 Å². The molecule has 0 aromatic heterocycles. The van der Waals surface area contributed by atoms with Crippen LogP contribution in [0.1, 0.15) is 0 Å². The Bertz CT molecular complexity index is 150. The number of hydrogen-bond acceptors (Lipinski definition) is 6. The van der Waals surface area contributed by atoms with Crippen molar-refractivity contribution in [1.29, 1.82) is 0 Å². The van der Waals surface area contributed by atoms with Gasteiger partial charge in [-0.1, -0.05) is 0 Å². The fourth-order valence-electron chi connectivity index (χ4n) is 1.20. The second kappa shape index (κ2) is 3.65. The Morgan fingerprint density at radius 2 is 1.50 bits per heavy atom. The number of nitrogens with one attached hydrogen (secondary N) is 1. The Morgan fingerprint density at radius 1 is 0.917 bits per heavy atom. The topological polar surface area (TPSA) is 113 Å². The van der Waals surface area contributed by atoms with E-state index in [1.54, 1.807) is 0 Å². The minimum Gasteiger partial charge on any atom is -0.395 e. The van der Waals surface area contributed by atoms with E-state index in [4.69, 9.17) is 20.4 Å². The fourth-order valence-corrected chi connectivity index (χ4v) is 1.20. The van der Waals surface area contributed by atoms with E-state index in [0.29, 0.717) is 0 Å². The van der Waals surface area contributed by atoms with Crippen LogP contribution in [0, 0.1) is 0 Å². The first-order valence-corrected chi connectivity index (χ1v) is 3.67. The van der Waals surface area contributed by atoms with Crippen LogP contribution in [0.3, 0.4) is 0 Å². The lowest BCUT2D eigenvalue weighted by Gasteiger charge is -2.38. The van der Waals surface area contributed by atoms with Crippen LogP contribution < -0.4 is 5.32 Å². The van der Waals surface area contributed by atoms with Gasteiger partial charge in [-0.05, 0) is 0 Å². The van der Waals surface area contributed by atoms with Gasteiger partial charge in [0.15, 0.2) is 0 Å². The fraction of sp³-hybridized carbons (Fsp3) is 1.00. The first kappa shape index (κ1) is 9.85. The smallest absolute Gasteiger partial charge is 0.134 e. The van der Waals surface area contributed by atoms with Gasteiger partial charge in [-0.25, -0.2) is 0 Å². The molecule has 0 radical (unpaired) electrons. The zero-order valence-electron chi connectivity index (χ0n) is 6.33. The minimum absolute atomic E-state index is 0.415. The molecule has 1 heterocycles. The third kappa shape index (κ3) is 1.58. The molecular formula is C6H13NO5. The van der Waals surface area contributed by atoms with Crippen molar-refractivity contribution in [3.05, 3.63) is 0 Å². The lowest BCUT2D eigenvalue weighted by molar-refractivity contribution is -0.161. The monoisotopic (exact) mass is 179 g/mol.